The van der Waals surface area contributed by atoms with Crippen LogP contribution in [0.5, 0.6) is 0 Å². The summed E-state index contributed by atoms with van der Waals surface area (Å²) in [5.41, 5.74) is 0.201. The van der Waals surface area contributed by atoms with Crippen LogP contribution in [-0.4, -0.2) is 28.9 Å². The van der Waals surface area contributed by atoms with E-state index in [-0.39, 0.29) is 5.70 Å². The van der Waals surface area contributed by atoms with E-state index in [1.807, 2.05) is 0 Å². The highest BCUT2D eigenvalue weighted by Gasteiger charge is 2.20. The zero-order valence-corrected chi connectivity index (χ0v) is 14.7. The molecule has 0 spiro atoms. The van der Waals surface area contributed by atoms with Gasteiger partial charge in [-0.3, -0.25) is 14.4 Å². The Hall–Kier alpha value is -2.87. The molecule has 1 aromatic heterocycles. The van der Waals surface area contributed by atoms with Crippen LogP contribution in [0.1, 0.15) is 23.0 Å². The van der Waals surface area contributed by atoms with E-state index in [2.05, 4.69) is 26.6 Å². The monoisotopic (exact) mass is 406 g/mol. The maximum Gasteiger partial charge on any atom is 0.325 e. The predicted octanol–water partition coefficient (Wildman–Crippen LogP) is 2.40. The maximum absolute atomic E-state index is 12.4. The van der Waals surface area contributed by atoms with Crippen LogP contribution in [0.4, 0.5) is 0 Å². The van der Waals surface area contributed by atoms with Crippen molar-refractivity contribution in [1.82, 2.24) is 10.6 Å². The largest absolute Gasteiger partial charge is 0.480 e. The Morgan fingerprint density at radius 3 is 2.60 bits per heavy atom. The SMILES string of the molecule is CC(NC(=O)/C(=C\c1ccco1)NC(=O)c1cccc(Br)c1)C(=O)O. The molecule has 0 fully saturated rings. The normalized spacial score (nSPS) is 12.3. The molecule has 0 radical (unpaired) electrons. The summed E-state index contributed by atoms with van der Waals surface area (Å²) in [7, 11) is 0. The summed E-state index contributed by atoms with van der Waals surface area (Å²) in [6.45, 7) is 1.32. The summed E-state index contributed by atoms with van der Waals surface area (Å²) in [6, 6.07) is 8.73. The standard InChI is InChI=1S/C17H15BrN2O5/c1-10(17(23)24)19-16(22)14(9-13-6-3-7-25-13)20-15(21)11-4-2-5-12(18)8-11/h2-10H,1H3,(H,19,22)(H,20,21)(H,23,24)/b14-9+. The first kappa shape index (κ1) is 18.5. The molecule has 2 rings (SSSR count). The van der Waals surface area contributed by atoms with Crippen molar-refractivity contribution in [3.05, 3.63) is 64.2 Å². The van der Waals surface area contributed by atoms with Crippen LogP contribution < -0.4 is 10.6 Å². The van der Waals surface area contributed by atoms with Crippen LogP contribution in [-0.2, 0) is 9.59 Å². The average molecular weight is 407 g/mol. The zero-order chi connectivity index (χ0) is 18.4. The van der Waals surface area contributed by atoms with Gasteiger partial charge in [-0.25, -0.2) is 0 Å². The third-order valence-electron chi connectivity index (χ3n) is 3.13. The summed E-state index contributed by atoms with van der Waals surface area (Å²) in [4.78, 5) is 35.6. The van der Waals surface area contributed by atoms with E-state index >= 15 is 0 Å². The van der Waals surface area contributed by atoms with Crippen molar-refractivity contribution in [2.24, 2.45) is 0 Å². The van der Waals surface area contributed by atoms with Crippen LogP contribution in [0.15, 0.2) is 57.2 Å². The molecular weight excluding hydrogens is 392 g/mol. The Kier molecular flexibility index (Phi) is 6.13. The van der Waals surface area contributed by atoms with Crippen LogP contribution >= 0.6 is 15.9 Å². The number of furan rings is 1. The number of rotatable bonds is 6. The highest BCUT2D eigenvalue weighted by molar-refractivity contribution is 9.10. The van der Waals surface area contributed by atoms with E-state index in [9.17, 15) is 14.4 Å². The molecule has 1 atom stereocenters. The van der Waals surface area contributed by atoms with Crippen LogP contribution in [0, 0.1) is 0 Å². The van der Waals surface area contributed by atoms with Crippen molar-refractivity contribution >= 4 is 39.8 Å². The fourth-order valence-electron chi connectivity index (χ4n) is 1.83. The summed E-state index contributed by atoms with van der Waals surface area (Å²) < 4.78 is 5.85. The first-order valence-corrected chi connectivity index (χ1v) is 8.02. The molecule has 1 heterocycles. The van der Waals surface area contributed by atoms with Gasteiger partial charge >= 0.3 is 5.97 Å². The van der Waals surface area contributed by atoms with Crippen LogP contribution in [0.25, 0.3) is 6.08 Å². The lowest BCUT2D eigenvalue weighted by molar-refractivity contribution is -0.140. The minimum absolute atomic E-state index is 0.131. The van der Waals surface area contributed by atoms with Crippen molar-refractivity contribution in [1.29, 1.82) is 0 Å². The second-order valence-corrected chi connectivity index (χ2v) is 5.99. The quantitative estimate of drug-likeness (QED) is 0.638. The highest BCUT2D eigenvalue weighted by atomic mass is 79.9. The molecule has 130 valence electrons. The molecule has 8 heteroatoms. The van der Waals surface area contributed by atoms with E-state index in [4.69, 9.17) is 9.52 Å². The fourth-order valence-corrected chi connectivity index (χ4v) is 2.23. The smallest absolute Gasteiger partial charge is 0.325 e. The van der Waals surface area contributed by atoms with Gasteiger partial charge in [-0.2, -0.15) is 0 Å². The molecule has 0 saturated carbocycles. The second-order valence-electron chi connectivity index (χ2n) is 5.07. The number of nitrogens with one attached hydrogen (secondary N) is 2. The van der Waals surface area contributed by atoms with Gasteiger partial charge in [0.15, 0.2) is 0 Å². The van der Waals surface area contributed by atoms with Gasteiger partial charge in [0, 0.05) is 16.1 Å². The van der Waals surface area contributed by atoms with Crippen LogP contribution in [0.3, 0.4) is 0 Å². The molecule has 1 unspecified atom stereocenters. The number of hydrogen-bond acceptors (Lipinski definition) is 4. The second kappa shape index (κ2) is 8.29. The molecule has 0 bridgehead atoms. The number of hydrogen-bond donors (Lipinski definition) is 3. The fraction of sp³-hybridized carbons (Fsp3) is 0.118. The maximum atomic E-state index is 12.4. The van der Waals surface area contributed by atoms with Gasteiger partial charge in [0.05, 0.1) is 6.26 Å². The van der Waals surface area contributed by atoms with E-state index in [0.717, 1.165) is 0 Å². The molecule has 0 aliphatic carbocycles. The van der Waals surface area contributed by atoms with Gasteiger partial charge in [0.1, 0.15) is 17.5 Å². The van der Waals surface area contributed by atoms with Crippen molar-refractivity contribution in [3.8, 4) is 0 Å². The summed E-state index contributed by atoms with van der Waals surface area (Å²) in [5, 5.41) is 13.7. The van der Waals surface area contributed by atoms with Crippen molar-refractivity contribution in [2.75, 3.05) is 0 Å². The molecule has 2 amide bonds. The molecule has 7 nitrogen and oxygen atoms in total. The molecule has 25 heavy (non-hydrogen) atoms. The molecule has 2 aromatic rings. The molecular formula is C17H15BrN2O5. The number of carboxylic acid groups (broad SMARTS) is 1. The molecule has 3 N–H and O–H groups in total. The Morgan fingerprint density at radius 1 is 1.24 bits per heavy atom. The Labute approximate surface area is 151 Å². The number of aliphatic carboxylic acids is 1. The zero-order valence-electron chi connectivity index (χ0n) is 13.2. The lowest BCUT2D eigenvalue weighted by Crippen LogP contribution is -2.42. The van der Waals surface area contributed by atoms with Gasteiger partial charge in [-0.05, 0) is 37.3 Å². The lowest BCUT2D eigenvalue weighted by atomic mass is 10.2. The summed E-state index contributed by atoms with van der Waals surface area (Å²) >= 11 is 3.27. The van der Waals surface area contributed by atoms with Gasteiger partial charge < -0.3 is 20.2 Å². The molecule has 0 saturated heterocycles. The van der Waals surface area contributed by atoms with E-state index in [1.54, 1.807) is 36.4 Å². The van der Waals surface area contributed by atoms with Crippen molar-refractivity contribution in [2.45, 2.75) is 13.0 Å². The van der Waals surface area contributed by atoms with Crippen molar-refractivity contribution in [3.63, 3.8) is 0 Å². The Balaban J connectivity index is 2.24. The summed E-state index contributed by atoms with van der Waals surface area (Å²) in [5.74, 6) is -2.11. The first-order chi connectivity index (χ1) is 11.9. The minimum Gasteiger partial charge on any atom is -0.480 e. The van der Waals surface area contributed by atoms with Gasteiger partial charge in [0.2, 0.25) is 0 Å². The van der Waals surface area contributed by atoms with Gasteiger partial charge in [0.25, 0.3) is 11.8 Å². The minimum atomic E-state index is -1.19. The van der Waals surface area contributed by atoms with Crippen LogP contribution in [0.2, 0.25) is 0 Å². The summed E-state index contributed by atoms with van der Waals surface area (Å²) in [6.07, 6.45) is 2.73. The average Bonchev–Trinajstić information content (AvgIpc) is 3.07. The van der Waals surface area contributed by atoms with Crippen molar-refractivity contribution < 1.29 is 23.9 Å². The molecule has 0 aliphatic rings. The first-order valence-electron chi connectivity index (χ1n) is 7.22. The third-order valence-corrected chi connectivity index (χ3v) is 3.62. The predicted molar refractivity (Wildman–Crippen MR) is 93.5 cm³/mol. The van der Waals surface area contributed by atoms with E-state index in [1.165, 1.54) is 19.3 Å². The molecule has 1 aromatic carbocycles. The number of benzene rings is 1. The number of amides is 2. The van der Waals surface area contributed by atoms with Gasteiger partial charge in [-0.15, -0.1) is 0 Å². The van der Waals surface area contributed by atoms with E-state index < -0.39 is 23.8 Å². The topological polar surface area (TPSA) is 109 Å². The Morgan fingerprint density at radius 2 is 2.00 bits per heavy atom. The lowest BCUT2D eigenvalue weighted by Gasteiger charge is -2.13. The Bertz CT molecular complexity index is 814. The highest BCUT2D eigenvalue weighted by Crippen LogP contribution is 2.13. The number of carbonyl (C=O) groups excluding carboxylic acids is 2. The number of carboxylic acids is 1. The van der Waals surface area contributed by atoms with Gasteiger partial charge in [-0.1, -0.05) is 22.0 Å². The number of carbonyl (C=O) groups is 3. The third kappa shape index (κ3) is 5.32. The molecule has 0 aliphatic heterocycles. The number of halogens is 1. The van der Waals surface area contributed by atoms with E-state index in [0.29, 0.717) is 15.8 Å².